The summed E-state index contributed by atoms with van der Waals surface area (Å²) in [5, 5.41) is 12.0. The van der Waals surface area contributed by atoms with Crippen LogP contribution in [0.3, 0.4) is 0 Å². The highest BCUT2D eigenvalue weighted by atomic mass is 15.3. The monoisotopic (exact) mass is 206 g/mol. The standard InChI is InChI=1S/C11H18N4/c1-8-13-14-11(15(8)10-2-3-10)9-4-6-12-7-5-9/h9-10,12H,2-7H2,1H3. The van der Waals surface area contributed by atoms with Crippen molar-refractivity contribution >= 4 is 0 Å². The number of aromatic nitrogens is 3. The molecule has 1 aliphatic carbocycles. The Bertz CT molecular complexity index is 347. The third-order valence-corrected chi connectivity index (χ3v) is 3.51. The van der Waals surface area contributed by atoms with Gasteiger partial charge in [0.15, 0.2) is 0 Å². The molecular formula is C11H18N4. The molecule has 0 unspecified atom stereocenters. The quantitative estimate of drug-likeness (QED) is 0.795. The molecule has 82 valence electrons. The van der Waals surface area contributed by atoms with E-state index in [1.54, 1.807) is 0 Å². The maximum atomic E-state index is 4.39. The minimum absolute atomic E-state index is 0.632. The molecule has 1 saturated carbocycles. The van der Waals surface area contributed by atoms with Crippen LogP contribution in [0.1, 0.15) is 49.3 Å². The molecule has 1 aromatic rings. The SMILES string of the molecule is Cc1nnc(C2CCNCC2)n1C1CC1. The van der Waals surface area contributed by atoms with E-state index in [0.717, 1.165) is 18.9 Å². The zero-order valence-electron chi connectivity index (χ0n) is 9.24. The minimum atomic E-state index is 0.632. The molecule has 0 spiro atoms. The highest BCUT2D eigenvalue weighted by molar-refractivity contribution is 5.07. The lowest BCUT2D eigenvalue weighted by Gasteiger charge is -2.22. The van der Waals surface area contributed by atoms with Crippen LogP contribution in [0.25, 0.3) is 0 Å². The number of rotatable bonds is 2. The molecule has 0 atom stereocenters. The first-order valence-electron chi connectivity index (χ1n) is 5.98. The van der Waals surface area contributed by atoms with Crippen LogP contribution in [0, 0.1) is 6.92 Å². The molecule has 15 heavy (non-hydrogen) atoms. The molecule has 0 amide bonds. The Labute approximate surface area is 90.1 Å². The molecule has 1 aliphatic heterocycles. The van der Waals surface area contributed by atoms with Crippen LogP contribution in [0.4, 0.5) is 0 Å². The summed E-state index contributed by atoms with van der Waals surface area (Å²) >= 11 is 0. The second-order valence-electron chi connectivity index (χ2n) is 4.73. The molecule has 1 aromatic heterocycles. The molecule has 2 heterocycles. The minimum Gasteiger partial charge on any atom is -0.317 e. The summed E-state index contributed by atoms with van der Waals surface area (Å²) in [6.07, 6.45) is 5.06. The van der Waals surface area contributed by atoms with Crippen LogP contribution in [0.5, 0.6) is 0 Å². The van der Waals surface area contributed by atoms with Crippen molar-refractivity contribution in [1.82, 2.24) is 20.1 Å². The van der Waals surface area contributed by atoms with E-state index >= 15 is 0 Å². The summed E-state index contributed by atoms with van der Waals surface area (Å²) in [4.78, 5) is 0. The van der Waals surface area contributed by atoms with Crippen molar-refractivity contribution < 1.29 is 0 Å². The molecule has 2 fully saturated rings. The van der Waals surface area contributed by atoms with Crippen LogP contribution in [0.15, 0.2) is 0 Å². The van der Waals surface area contributed by atoms with E-state index in [1.807, 2.05) is 0 Å². The first-order valence-corrected chi connectivity index (χ1v) is 5.98. The van der Waals surface area contributed by atoms with E-state index in [0.29, 0.717) is 12.0 Å². The first kappa shape index (κ1) is 9.33. The van der Waals surface area contributed by atoms with Crippen molar-refractivity contribution in [2.75, 3.05) is 13.1 Å². The second kappa shape index (κ2) is 3.59. The average molecular weight is 206 g/mol. The molecule has 1 N–H and O–H groups in total. The van der Waals surface area contributed by atoms with Gasteiger partial charge in [0.25, 0.3) is 0 Å². The van der Waals surface area contributed by atoms with Crippen molar-refractivity contribution in [2.24, 2.45) is 0 Å². The van der Waals surface area contributed by atoms with Gasteiger partial charge in [0.1, 0.15) is 11.6 Å². The zero-order valence-corrected chi connectivity index (χ0v) is 9.24. The van der Waals surface area contributed by atoms with Gasteiger partial charge in [-0.2, -0.15) is 0 Å². The van der Waals surface area contributed by atoms with Crippen molar-refractivity contribution in [1.29, 1.82) is 0 Å². The van der Waals surface area contributed by atoms with Crippen LogP contribution < -0.4 is 5.32 Å². The Kier molecular flexibility index (Phi) is 2.24. The van der Waals surface area contributed by atoms with E-state index < -0.39 is 0 Å². The van der Waals surface area contributed by atoms with Gasteiger partial charge >= 0.3 is 0 Å². The molecule has 0 aromatic carbocycles. The second-order valence-corrected chi connectivity index (χ2v) is 4.73. The maximum Gasteiger partial charge on any atom is 0.136 e. The number of hydrogen-bond acceptors (Lipinski definition) is 3. The number of nitrogens with one attached hydrogen (secondary N) is 1. The lowest BCUT2D eigenvalue weighted by atomic mass is 9.97. The highest BCUT2D eigenvalue weighted by Crippen LogP contribution is 2.39. The zero-order chi connectivity index (χ0) is 10.3. The molecule has 4 heteroatoms. The molecule has 1 saturated heterocycles. The van der Waals surface area contributed by atoms with Crippen molar-refractivity contribution in [3.05, 3.63) is 11.6 Å². The number of piperidine rings is 1. The van der Waals surface area contributed by atoms with Gasteiger partial charge in [-0.05, 0) is 45.7 Å². The van der Waals surface area contributed by atoms with Gasteiger partial charge in [0.05, 0.1) is 0 Å². The fourth-order valence-electron chi connectivity index (χ4n) is 2.53. The van der Waals surface area contributed by atoms with E-state index in [2.05, 4.69) is 27.0 Å². The molecule has 0 bridgehead atoms. The number of nitrogens with zero attached hydrogens (tertiary/aromatic N) is 3. The van der Waals surface area contributed by atoms with Crippen molar-refractivity contribution in [3.63, 3.8) is 0 Å². The summed E-state index contributed by atoms with van der Waals surface area (Å²) in [5.74, 6) is 2.98. The van der Waals surface area contributed by atoms with Gasteiger partial charge in [-0.3, -0.25) is 0 Å². The predicted octanol–water partition coefficient (Wildman–Crippen LogP) is 1.39. The molecule has 4 nitrogen and oxygen atoms in total. The summed E-state index contributed by atoms with van der Waals surface area (Å²) in [6, 6.07) is 0.713. The van der Waals surface area contributed by atoms with Gasteiger partial charge in [-0.15, -0.1) is 10.2 Å². The molecule has 2 aliphatic rings. The summed E-state index contributed by atoms with van der Waals surface area (Å²) in [6.45, 7) is 4.33. The Morgan fingerprint density at radius 3 is 2.53 bits per heavy atom. The van der Waals surface area contributed by atoms with Crippen LogP contribution >= 0.6 is 0 Å². The van der Waals surface area contributed by atoms with E-state index in [4.69, 9.17) is 0 Å². The maximum absolute atomic E-state index is 4.39. The van der Waals surface area contributed by atoms with Crippen molar-refractivity contribution in [3.8, 4) is 0 Å². The summed E-state index contributed by atoms with van der Waals surface area (Å²) in [7, 11) is 0. The van der Waals surface area contributed by atoms with E-state index in [9.17, 15) is 0 Å². The van der Waals surface area contributed by atoms with E-state index in [-0.39, 0.29) is 0 Å². The van der Waals surface area contributed by atoms with Gasteiger partial charge in [0, 0.05) is 12.0 Å². The summed E-state index contributed by atoms with van der Waals surface area (Å²) < 4.78 is 2.38. The normalized spacial score (nSPS) is 23.3. The highest BCUT2D eigenvalue weighted by Gasteiger charge is 2.31. The Morgan fingerprint density at radius 1 is 1.13 bits per heavy atom. The molecular weight excluding hydrogens is 188 g/mol. The fraction of sp³-hybridized carbons (Fsp3) is 0.818. The predicted molar refractivity (Wildman–Crippen MR) is 57.9 cm³/mol. The topological polar surface area (TPSA) is 42.7 Å². The smallest absolute Gasteiger partial charge is 0.136 e. The third kappa shape index (κ3) is 1.67. The number of hydrogen-bond donors (Lipinski definition) is 1. The van der Waals surface area contributed by atoms with E-state index in [1.165, 1.54) is 31.5 Å². The Balaban J connectivity index is 1.89. The lowest BCUT2D eigenvalue weighted by Crippen LogP contribution is -2.28. The fourth-order valence-corrected chi connectivity index (χ4v) is 2.53. The van der Waals surface area contributed by atoms with Crippen LogP contribution in [-0.2, 0) is 0 Å². The van der Waals surface area contributed by atoms with Crippen LogP contribution in [-0.4, -0.2) is 27.9 Å². The largest absolute Gasteiger partial charge is 0.317 e. The molecule has 0 radical (unpaired) electrons. The first-order chi connectivity index (χ1) is 7.36. The Hall–Kier alpha value is -0.900. The molecule has 3 rings (SSSR count). The average Bonchev–Trinajstić information content (AvgIpc) is 3.03. The summed E-state index contributed by atoms with van der Waals surface area (Å²) in [5.41, 5.74) is 0. The van der Waals surface area contributed by atoms with Gasteiger partial charge in [-0.1, -0.05) is 0 Å². The van der Waals surface area contributed by atoms with Crippen molar-refractivity contribution in [2.45, 2.75) is 44.6 Å². The van der Waals surface area contributed by atoms with Gasteiger partial charge in [-0.25, -0.2) is 0 Å². The lowest BCUT2D eigenvalue weighted by molar-refractivity contribution is 0.429. The van der Waals surface area contributed by atoms with Gasteiger partial charge < -0.3 is 9.88 Å². The van der Waals surface area contributed by atoms with Crippen LogP contribution in [0.2, 0.25) is 0 Å². The number of aryl methyl sites for hydroxylation is 1. The van der Waals surface area contributed by atoms with Gasteiger partial charge in [0.2, 0.25) is 0 Å². The third-order valence-electron chi connectivity index (χ3n) is 3.51. The Morgan fingerprint density at radius 2 is 1.87 bits per heavy atom.